The average Bonchev–Trinajstić information content (AvgIpc) is 3.26. The first kappa shape index (κ1) is 21.8. The Morgan fingerprint density at radius 2 is 1.50 bits per heavy atom. The molecular weight excluding hydrogens is 392 g/mol. The predicted molar refractivity (Wildman–Crippen MR) is 122 cm³/mol. The van der Waals surface area contributed by atoms with E-state index in [0.717, 1.165) is 10.4 Å². The summed E-state index contributed by atoms with van der Waals surface area (Å²) in [6.45, 7) is 5.79. The number of carbonyl (C=O) groups is 2. The van der Waals surface area contributed by atoms with Crippen LogP contribution in [0.1, 0.15) is 34.6 Å². The zero-order chi connectivity index (χ0) is 21.3. The Morgan fingerprint density at radius 3 is 2.10 bits per heavy atom. The molecule has 0 unspecified atom stereocenters. The van der Waals surface area contributed by atoms with Crippen molar-refractivity contribution in [2.45, 2.75) is 26.9 Å². The zero-order valence-electron chi connectivity index (χ0n) is 17.5. The van der Waals surface area contributed by atoms with Gasteiger partial charge in [-0.3, -0.25) is 9.59 Å². The van der Waals surface area contributed by atoms with E-state index >= 15 is 0 Å². The maximum atomic E-state index is 13.3. The van der Waals surface area contributed by atoms with Gasteiger partial charge in [0.2, 0.25) is 5.91 Å². The normalized spacial score (nSPS) is 10.8. The van der Waals surface area contributed by atoms with Crippen molar-refractivity contribution in [2.24, 2.45) is 5.92 Å². The van der Waals surface area contributed by atoms with Gasteiger partial charge >= 0.3 is 0 Å². The van der Waals surface area contributed by atoms with E-state index in [1.165, 1.54) is 0 Å². The minimum atomic E-state index is -0.103. The molecule has 3 aromatic rings. The highest BCUT2D eigenvalue weighted by atomic mass is 32.1. The van der Waals surface area contributed by atoms with Crippen LogP contribution in [-0.4, -0.2) is 34.7 Å². The van der Waals surface area contributed by atoms with Gasteiger partial charge < -0.3 is 9.80 Å². The van der Waals surface area contributed by atoms with Gasteiger partial charge in [-0.1, -0.05) is 68.4 Å². The molecule has 0 N–H and O–H groups in total. The molecule has 30 heavy (non-hydrogen) atoms. The van der Waals surface area contributed by atoms with E-state index in [1.54, 1.807) is 28.4 Å². The molecule has 2 amide bonds. The summed E-state index contributed by atoms with van der Waals surface area (Å²) in [7, 11) is 0. The third-order valence-electron chi connectivity index (χ3n) is 4.72. The van der Waals surface area contributed by atoms with Crippen molar-refractivity contribution in [1.82, 2.24) is 9.80 Å². The third kappa shape index (κ3) is 6.29. The van der Waals surface area contributed by atoms with Crippen LogP contribution in [0.4, 0.5) is 0 Å². The topological polar surface area (TPSA) is 40.6 Å². The average molecular weight is 421 g/mol. The molecule has 3 rings (SSSR count). The van der Waals surface area contributed by atoms with Gasteiger partial charge in [0.15, 0.2) is 0 Å². The molecule has 1 heterocycles. The van der Waals surface area contributed by atoms with Crippen molar-refractivity contribution >= 4 is 23.2 Å². The van der Waals surface area contributed by atoms with Gasteiger partial charge in [-0.15, -0.1) is 11.3 Å². The van der Waals surface area contributed by atoms with E-state index in [9.17, 15) is 9.59 Å². The van der Waals surface area contributed by atoms with Gasteiger partial charge in [-0.05, 0) is 35.1 Å². The van der Waals surface area contributed by atoms with Gasteiger partial charge in [-0.2, -0.15) is 0 Å². The number of benzene rings is 2. The molecule has 1 aromatic heterocycles. The van der Waals surface area contributed by atoms with E-state index in [0.29, 0.717) is 25.2 Å². The van der Waals surface area contributed by atoms with Crippen LogP contribution in [0, 0.1) is 5.92 Å². The molecule has 0 radical (unpaired) electrons. The van der Waals surface area contributed by atoms with Crippen LogP contribution in [0.5, 0.6) is 0 Å². The van der Waals surface area contributed by atoms with E-state index in [1.807, 2.05) is 70.9 Å². The molecule has 0 aliphatic rings. The van der Waals surface area contributed by atoms with E-state index in [-0.39, 0.29) is 24.3 Å². The Morgan fingerprint density at radius 1 is 0.833 bits per heavy atom. The van der Waals surface area contributed by atoms with Gasteiger partial charge in [-0.25, -0.2) is 0 Å². The molecule has 0 bridgehead atoms. The van der Waals surface area contributed by atoms with Crippen molar-refractivity contribution in [2.75, 3.05) is 13.1 Å². The van der Waals surface area contributed by atoms with Gasteiger partial charge in [0.25, 0.3) is 5.91 Å². The van der Waals surface area contributed by atoms with E-state index in [2.05, 4.69) is 13.8 Å². The molecule has 0 saturated carbocycles. The lowest BCUT2D eigenvalue weighted by molar-refractivity contribution is -0.133. The summed E-state index contributed by atoms with van der Waals surface area (Å²) in [5, 5.41) is 2.02. The number of nitrogens with zero attached hydrogens (tertiary/aromatic N) is 2. The van der Waals surface area contributed by atoms with E-state index in [4.69, 9.17) is 0 Å². The first-order chi connectivity index (χ1) is 14.5. The third-order valence-corrected chi connectivity index (χ3v) is 5.58. The van der Waals surface area contributed by atoms with Crippen molar-refractivity contribution in [3.05, 3.63) is 94.2 Å². The zero-order valence-corrected chi connectivity index (χ0v) is 18.3. The van der Waals surface area contributed by atoms with Crippen LogP contribution < -0.4 is 0 Å². The Kier molecular flexibility index (Phi) is 7.80. The Bertz CT molecular complexity index is 924. The Labute approximate surface area is 182 Å². The van der Waals surface area contributed by atoms with Crippen LogP contribution >= 0.6 is 11.3 Å². The second-order valence-corrected chi connectivity index (χ2v) is 8.79. The number of rotatable bonds is 9. The predicted octanol–water partition coefficient (Wildman–Crippen LogP) is 5.08. The van der Waals surface area contributed by atoms with Crippen molar-refractivity contribution in [3.63, 3.8) is 0 Å². The second-order valence-electron chi connectivity index (χ2n) is 7.76. The quantitative estimate of drug-likeness (QED) is 0.485. The smallest absolute Gasteiger partial charge is 0.254 e. The van der Waals surface area contributed by atoms with Crippen molar-refractivity contribution in [3.8, 4) is 0 Å². The van der Waals surface area contributed by atoms with E-state index < -0.39 is 0 Å². The Hall–Kier alpha value is -2.92. The second kappa shape index (κ2) is 10.7. The van der Waals surface area contributed by atoms with Gasteiger partial charge in [0, 0.05) is 23.5 Å². The van der Waals surface area contributed by atoms with Crippen LogP contribution in [0.15, 0.2) is 78.2 Å². The molecule has 0 aliphatic carbocycles. The van der Waals surface area contributed by atoms with Crippen LogP contribution in [0.2, 0.25) is 0 Å². The summed E-state index contributed by atoms with van der Waals surface area (Å²) in [6, 6.07) is 23.2. The summed E-state index contributed by atoms with van der Waals surface area (Å²) in [5.41, 5.74) is 1.69. The fourth-order valence-electron chi connectivity index (χ4n) is 3.31. The molecule has 0 fully saturated rings. The number of hydrogen-bond acceptors (Lipinski definition) is 3. The molecule has 2 aromatic carbocycles. The number of thiophene rings is 1. The minimum absolute atomic E-state index is 0.0443. The number of carbonyl (C=O) groups excluding carboxylic acids is 2. The van der Waals surface area contributed by atoms with Gasteiger partial charge in [0.05, 0.1) is 6.54 Å². The van der Waals surface area contributed by atoms with Crippen LogP contribution in [0.25, 0.3) is 0 Å². The first-order valence-electron chi connectivity index (χ1n) is 10.2. The maximum Gasteiger partial charge on any atom is 0.254 e. The molecule has 156 valence electrons. The molecule has 5 heteroatoms. The molecule has 0 spiro atoms. The monoisotopic (exact) mass is 420 g/mol. The number of hydrogen-bond donors (Lipinski definition) is 0. The van der Waals surface area contributed by atoms with Crippen molar-refractivity contribution in [1.29, 1.82) is 0 Å². The number of amides is 2. The fourth-order valence-corrected chi connectivity index (χ4v) is 4.03. The molecule has 0 saturated heterocycles. The summed E-state index contributed by atoms with van der Waals surface area (Å²) in [6.07, 6.45) is 0. The largest absolute Gasteiger partial charge is 0.332 e. The summed E-state index contributed by atoms with van der Waals surface area (Å²) < 4.78 is 0. The SMILES string of the molecule is CC(C)CN(CC(=O)N(Cc1ccccc1)Cc1cccs1)C(=O)c1ccccc1. The summed E-state index contributed by atoms with van der Waals surface area (Å²) in [4.78, 5) is 31.1. The van der Waals surface area contributed by atoms with Crippen LogP contribution in [0.3, 0.4) is 0 Å². The Balaban J connectivity index is 1.78. The lowest BCUT2D eigenvalue weighted by atomic mass is 10.1. The lowest BCUT2D eigenvalue weighted by Crippen LogP contribution is -2.43. The summed E-state index contributed by atoms with van der Waals surface area (Å²) in [5.74, 6) is 0.121. The summed E-state index contributed by atoms with van der Waals surface area (Å²) >= 11 is 1.64. The van der Waals surface area contributed by atoms with Crippen LogP contribution in [-0.2, 0) is 17.9 Å². The van der Waals surface area contributed by atoms with Gasteiger partial charge in [0.1, 0.15) is 6.54 Å². The maximum absolute atomic E-state index is 13.3. The molecule has 0 aliphatic heterocycles. The first-order valence-corrected chi connectivity index (χ1v) is 11.1. The van der Waals surface area contributed by atoms with Crippen molar-refractivity contribution < 1.29 is 9.59 Å². The molecule has 4 nitrogen and oxygen atoms in total. The highest BCUT2D eigenvalue weighted by Crippen LogP contribution is 2.16. The lowest BCUT2D eigenvalue weighted by Gasteiger charge is -2.29. The molecular formula is C25H28N2O2S. The highest BCUT2D eigenvalue weighted by Gasteiger charge is 2.23. The standard InChI is InChI=1S/C25H28N2O2S/c1-20(2)16-27(25(29)22-12-7-4-8-13-22)19-24(28)26(18-23-14-9-15-30-23)17-21-10-5-3-6-11-21/h3-15,20H,16-19H2,1-2H3. The highest BCUT2D eigenvalue weighted by molar-refractivity contribution is 7.09. The fraction of sp³-hybridized carbons (Fsp3) is 0.280. The minimum Gasteiger partial charge on any atom is -0.332 e. The molecule has 0 atom stereocenters.